The maximum Gasteiger partial charge on any atom is 0.320 e. The van der Waals surface area contributed by atoms with Crippen molar-refractivity contribution in [2.24, 2.45) is 5.92 Å². The highest BCUT2D eigenvalue weighted by Gasteiger charge is 2.38. The number of carboxylic acids is 1. The molecule has 0 aliphatic carbocycles. The van der Waals surface area contributed by atoms with E-state index < -0.39 is 5.97 Å². The van der Waals surface area contributed by atoms with Gasteiger partial charge in [-0.2, -0.15) is 0 Å². The molecule has 0 spiro atoms. The standard InChI is InChI=1S/C13H22N2O5/c1-19-10-7-15(8-11(10)20-2)13(18)14-5-3-9(4-6-14)12(16)17/h9-11H,3-8H2,1-2H3,(H,16,17). The second-order valence-corrected chi connectivity index (χ2v) is 5.34. The molecule has 0 radical (unpaired) electrons. The second-order valence-electron chi connectivity index (χ2n) is 5.34. The van der Waals surface area contributed by atoms with E-state index in [0.717, 1.165) is 0 Å². The fourth-order valence-corrected chi connectivity index (χ4v) is 2.87. The lowest BCUT2D eigenvalue weighted by atomic mass is 9.97. The van der Waals surface area contributed by atoms with Crippen molar-refractivity contribution < 1.29 is 24.2 Å². The average molecular weight is 286 g/mol. The van der Waals surface area contributed by atoms with Crippen molar-refractivity contribution in [2.75, 3.05) is 40.4 Å². The molecule has 2 aliphatic heterocycles. The third-order valence-electron chi connectivity index (χ3n) is 4.21. The molecule has 2 fully saturated rings. The van der Waals surface area contributed by atoms with Crippen LogP contribution in [0.4, 0.5) is 4.79 Å². The molecule has 1 N–H and O–H groups in total. The number of aliphatic carboxylic acids is 1. The van der Waals surface area contributed by atoms with Gasteiger partial charge in [0, 0.05) is 27.3 Å². The molecule has 0 aromatic carbocycles. The summed E-state index contributed by atoms with van der Waals surface area (Å²) in [4.78, 5) is 26.7. The highest BCUT2D eigenvalue weighted by Crippen LogP contribution is 2.22. The number of ether oxygens (including phenoxy) is 2. The summed E-state index contributed by atoms with van der Waals surface area (Å²) in [6.07, 6.45) is 0.855. The predicted molar refractivity (Wildman–Crippen MR) is 70.5 cm³/mol. The molecule has 7 nitrogen and oxygen atoms in total. The molecule has 20 heavy (non-hydrogen) atoms. The minimum Gasteiger partial charge on any atom is -0.481 e. The summed E-state index contributed by atoms with van der Waals surface area (Å²) >= 11 is 0. The Kier molecular flexibility index (Phi) is 4.82. The number of rotatable bonds is 3. The quantitative estimate of drug-likeness (QED) is 0.804. The van der Waals surface area contributed by atoms with Gasteiger partial charge >= 0.3 is 12.0 Å². The lowest BCUT2D eigenvalue weighted by Gasteiger charge is -2.33. The molecule has 114 valence electrons. The Morgan fingerprint density at radius 2 is 1.50 bits per heavy atom. The largest absolute Gasteiger partial charge is 0.481 e. The predicted octanol–water partition coefficient (Wildman–Crippen LogP) is 0.249. The zero-order valence-corrected chi connectivity index (χ0v) is 11.9. The van der Waals surface area contributed by atoms with Gasteiger partial charge in [0.1, 0.15) is 12.2 Å². The van der Waals surface area contributed by atoms with Crippen molar-refractivity contribution in [2.45, 2.75) is 25.0 Å². The van der Waals surface area contributed by atoms with Crippen LogP contribution in [0.25, 0.3) is 0 Å². The van der Waals surface area contributed by atoms with Gasteiger partial charge in [-0.05, 0) is 12.8 Å². The number of piperidine rings is 1. The van der Waals surface area contributed by atoms with Gasteiger partial charge in [-0.1, -0.05) is 0 Å². The summed E-state index contributed by atoms with van der Waals surface area (Å²) in [5.41, 5.74) is 0. The second kappa shape index (κ2) is 6.41. The molecule has 2 saturated heterocycles. The van der Waals surface area contributed by atoms with Gasteiger partial charge in [0.2, 0.25) is 0 Å². The van der Waals surface area contributed by atoms with E-state index in [2.05, 4.69) is 0 Å². The van der Waals surface area contributed by atoms with Crippen LogP contribution in [0.3, 0.4) is 0 Å². The van der Waals surface area contributed by atoms with Gasteiger partial charge in [0.05, 0.1) is 19.0 Å². The van der Waals surface area contributed by atoms with Crippen LogP contribution < -0.4 is 0 Å². The molecule has 2 rings (SSSR count). The van der Waals surface area contributed by atoms with Crippen molar-refractivity contribution in [3.05, 3.63) is 0 Å². The van der Waals surface area contributed by atoms with E-state index in [4.69, 9.17) is 14.6 Å². The highest BCUT2D eigenvalue weighted by atomic mass is 16.5. The Morgan fingerprint density at radius 3 is 1.90 bits per heavy atom. The number of nitrogens with zero attached hydrogens (tertiary/aromatic N) is 2. The minimum absolute atomic E-state index is 0.0459. The molecule has 0 aromatic heterocycles. The summed E-state index contributed by atoms with van der Waals surface area (Å²) in [6.45, 7) is 2.04. The summed E-state index contributed by atoms with van der Waals surface area (Å²) < 4.78 is 10.6. The number of carbonyl (C=O) groups excluding carboxylic acids is 1. The lowest BCUT2D eigenvalue weighted by molar-refractivity contribution is -0.143. The van der Waals surface area contributed by atoms with E-state index in [1.165, 1.54) is 0 Å². The molecule has 2 aliphatic rings. The smallest absolute Gasteiger partial charge is 0.320 e. The maximum absolute atomic E-state index is 12.4. The average Bonchev–Trinajstić information content (AvgIpc) is 2.89. The van der Waals surface area contributed by atoms with E-state index >= 15 is 0 Å². The number of carboxylic acid groups (broad SMARTS) is 1. The van der Waals surface area contributed by atoms with Gasteiger partial charge in [-0.25, -0.2) is 4.79 Å². The number of urea groups is 1. The van der Waals surface area contributed by atoms with Crippen LogP contribution in [0.5, 0.6) is 0 Å². The van der Waals surface area contributed by atoms with E-state index in [1.54, 1.807) is 24.0 Å². The topological polar surface area (TPSA) is 79.3 Å². The summed E-state index contributed by atoms with van der Waals surface area (Å²) in [7, 11) is 3.23. The van der Waals surface area contributed by atoms with Crippen molar-refractivity contribution in [3.63, 3.8) is 0 Å². The Hall–Kier alpha value is -1.34. The first-order valence-electron chi connectivity index (χ1n) is 6.89. The summed E-state index contributed by atoms with van der Waals surface area (Å²) in [6, 6.07) is -0.0459. The molecule has 0 bridgehead atoms. The van der Waals surface area contributed by atoms with Crippen LogP contribution in [-0.2, 0) is 14.3 Å². The Bertz CT molecular complexity index is 356. The fraction of sp³-hybridized carbons (Fsp3) is 0.846. The maximum atomic E-state index is 12.4. The molecule has 2 atom stereocenters. The SMILES string of the molecule is COC1CN(C(=O)N2CCC(C(=O)O)CC2)CC1OC. The third kappa shape index (κ3) is 3.04. The van der Waals surface area contributed by atoms with Crippen LogP contribution in [0.15, 0.2) is 0 Å². The number of hydrogen-bond acceptors (Lipinski definition) is 4. The Labute approximate surface area is 118 Å². The van der Waals surface area contributed by atoms with E-state index in [9.17, 15) is 9.59 Å². The molecule has 2 unspecified atom stereocenters. The molecule has 2 amide bonds. The van der Waals surface area contributed by atoms with Crippen molar-refractivity contribution in [3.8, 4) is 0 Å². The van der Waals surface area contributed by atoms with Crippen molar-refractivity contribution in [1.29, 1.82) is 0 Å². The highest BCUT2D eigenvalue weighted by molar-refractivity contribution is 5.76. The van der Waals surface area contributed by atoms with Crippen molar-refractivity contribution in [1.82, 2.24) is 9.80 Å². The Morgan fingerprint density at radius 1 is 1.00 bits per heavy atom. The number of likely N-dealkylation sites (tertiary alicyclic amines) is 2. The van der Waals surface area contributed by atoms with Gasteiger partial charge in [0.25, 0.3) is 0 Å². The molecule has 7 heteroatoms. The van der Waals surface area contributed by atoms with Crippen LogP contribution in [-0.4, -0.2) is 79.5 Å². The van der Waals surface area contributed by atoms with Crippen LogP contribution >= 0.6 is 0 Å². The fourth-order valence-electron chi connectivity index (χ4n) is 2.87. The van der Waals surface area contributed by atoms with E-state index in [-0.39, 0.29) is 24.2 Å². The number of carbonyl (C=O) groups is 2. The molecule has 2 heterocycles. The molecular formula is C13H22N2O5. The normalized spacial score (nSPS) is 27.9. The minimum atomic E-state index is -0.767. The number of hydrogen-bond donors (Lipinski definition) is 1. The van der Waals surface area contributed by atoms with Gasteiger partial charge in [-0.15, -0.1) is 0 Å². The molecular weight excluding hydrogens is 264 g/mol. The summed E-state index contributed by atoms with van der Waals surface area (Å²) in [5, 5.41) is 8.96. The summed E-state index contributed by atoms with van der Waals surface area (Å²) in [5.74, 6) is -1.09. The third-order valence-corrected chi connectivity index (χ3v) is 4.21. The van der Waals surface area contributed by atoms with Crippen LogP contribution in [0.1, 0.15) is 12.8 Å². The van der Waals surface area contributed by atoms with Gasteiger partial charge in [-0.3, -0.25) is 4.79 Å². The van der Waals surface area contributed by atoms with Gasteiger partial charge < -0.3 is 24.4 Å². The monoisotopic (exact) mass is 286 g/mol. The van der Waals surface area contributed by atoms with Crippen LogP contribution in [0.2, 0.25) is 0 Å². The first kappa shape index (κ1) is 15.1. The Balaban J connectivity index is 1.88. The molecule has 0 saturated carbocycles. The number of methoxy groups -OCH3 is 2. The van der Waals surface area contributed by atoms with Crippen molar-refractivity contribution >= 4 is 12.0 Å². The zero-order valence-electron chi connectivity index (χ0n) is 11.9. The first-order chi connectivity index (χ1) is 9.56. The lowest BCUT2D eigenvalue weighted by Crippen LogP contribution is -2.47. The number of amides is 2. The first-order valence-corrected chi connectivity index (χ1v) is 6.89. The van der Waals surface area contributed by atoms with Gasteiger partial charge in [0.15, 0.2) is 0 Å². The zero-order chi connectivity index (χ0) is 14.7. The van der Waals surface area contributed by atoms with Crippen LogP contribution in [0, 0.1) is 5.92 Å². The van der Waals surface area contributed by atoms with E-state index in [0.29, 0.717) is 39.0 Å². The molecule has 0 aromatic rings. The van der Waals surface area contributed by atoms with E-state index in [1.807, 2.05) is 0 Å².